The minimum absolute atomic E-state index is 0.250. The van der Waals surface area contributed by atoms with Crippen LogP contribution in [-0.4, -0.2) is 28.0 Å². The highest BCUT2D eigenvalue weighted by Crippen LogP contribution is 2.24. The van der Waals surface area contributed by atoms with Gasteiger partial charge in [-0.2, -0.15) is 5.06 Å². The van der Waals surface area contributed by atoms with E-state index in [-0.39, 0.29) is 6.04 Å². The van der Waals surface area contributed by atoms with Crippen LogP contribution in [0.1, 0.15) is 40.5 Å². The molecular formula is C12H21NO3. The fraction of sp³-hybridized carbons (Fsp3) is 0.750. The van der Waals surface area contributed by atoms with Crippen LogP contribution in [0.5, 0.6) is 0 Å². The zero-order valence-corrected chi connectivity index (χ0v) is 10.4. The van der Waals surface area contributed by atoms with E-state index in [9.17, 15) is 10.0 Å². The third-order valence-corrected chi connectivity index (χ3v) is 2.57. The van der Waals surface area contributed by atoms with Crippen LogP contribution in [0, 0.1) is 5.92 Å². The van der Waals surface area contributed by atoms with Crippen LogP contribution >= 0.6 is 0 Å². The van der Waals surface area contributed by atoms with Gasteiger partial charge in [0.15, 0.2) is 0 Å². The number of hydrogen-bond donors (Lipinski definition) is 1. The first kappa shape index (κ1) is 13.0. The molecule has 0 fully saturated rings. The number of rotatable bonds is 2. The second-order valence-corrected chi connectivity index (χ2v) is 5.18. The monoisotopic (exact) mass is 227 g/mol. The first-order valence-electron chi connectivity index (χ1n) is 5.73. The van der Waals surface area contributed by atoms with Gasteiger partial charge < -0.3 is 4.74 Å². The van der Waals surface area contributed by atoms with Crippen LogP contribution in [-0.2, 0) is 4.74 Å². The van der Waals surface area contributed by atoms with E-state index < -0.39 is 11.7 Å². The zero-order chi connectivity index (χ0) is 12.3. The molecule has 1 aliphatic rings. The van der Waals surface area contributed by atoms with Gasteiger partial charge in [-0.15, -0.1) is 0 Å². The van der Waals surface area contributed by atoms with Gasteiger partial charge in [0.2, 0.25) is 0 Å². The normalized spacial score (nSPS) is 24.6. The number of carbonyl (C=O) groups is 1. The van der Waals surface area contributed by atoms with E-state index in [0.717, 1.165) is 12.8 Å². The van der Waals surface area contributed by atoms with E-state index in [2.05, 4.69) is 6.92 Å². The molecule has 0 spiro atoms. The molecule has 0 radical (unpaired) electrons. The van der Waals surface area contributed by atoms with Crippen molar-refractivity contribution in [1.82, 2.24) is 5.06 Å². The van der Waals surface area contributed by atoms with Gasteiger partial charge >= 0.3 is 6.09 Å². The molecule has 0 aliphatic heterocycles. The summed E-state index contributed by atoms with van der Waals surface area (Å²) in [7, 11) is 0. The number of nitrogens with zero attached hydrogens (tertiary/aromatic N) is 1. The lowest BCUT2D eigenvalue weighted by atomic mass is 10.1. The Balaban J connectivity index is 2.50. The van der Waals surface area contributed by atoms with Crippen LogP contribution < -0.4 is 0 Å². The Morgan fingerprint density at radius 1 is 1.50 bits per heavy atom. The van der Waals surface area contributed by atoms with Crippen molar-refractivity contribution in [3.8, 4) is 0 Å². The predicted octanol–water partition coefficient (Wildman–Crippen LogP) is 2.97. The molecule has 1 N–H and O–H groups in total. The maximum absolute atomic E-state index is 11.6. The van der Waals surface area contributed by atoms with E-state index in [4.69, 9.17) is 4.74 Å². The summed E-state index contributed by atoms with van der Waals surface area (Å²) in [6.07, 6.45) is 5.01. The van der Waals surface area contributed by atoms with Crippen molar-refractivity contribution in [3.05, 3.63) is 12.2 Å². The number of hydrogen-bond acceptors (Lipinski definition) is 3. The zero-order valence-electron chi connectivity index (χ0n) is 10.4. The summed E-state index contributed by atoms with van der Waals surface area (Å²) >= 11 is 0. The van der Waals surface area contributed by atoms with Gasteiger partial charge in [0.1, 0.15) is 5.60 Å². The lowest BCUT2D eigenvalue weighted by molar-refractivity contribution is -0.111. The maximum Gasteiger partial charge on any atom is 0.434 e. The quantitative estimate of drug-likeness (QED) is 0.448. The summed E-state index contributed by atoms with van der Waals surface area (Å²) in [5.74, 6) is 0.446. The van der Waals surface area contributed by atoms with Crippen molar-refractivity contribution in [1.29, 1.82) is 0 Å². The number of allylic oxidation sites excluding steroid dienone is 1. The van der Waals surface area contributed by atoms with Crippen LogP contribution in [0.15, 0.2) is 12.2 Å². The second kappa shape index (κ2) is 4.87. The molecule has 92 valence electrons. The largest absolute Gasteiger partial charge is 0.442 e. The highest BCUT2D eigenvalue weighted by Gasteiger charge is 2.29. The molecule has 4 nitrogen and oxygen atoms in total. The molecule has 1 amide bonds. The lowest BCUT2D eigenvalue weighted by Gasteiger charge is -2.26. The van der Waals surface area contributed by atoms with Gasteiger partial charge in [0.25, 0.3) is 0 Å². The van der Waals surface area contributed by atoms with Gasteiger partial charge in [0, 0.05) is 0 Å². The third-order valence-electron chi connectivity index (χ3n) is 2.57. The number of amides is 1. The summed E-state index contributed by atoms with van der Waals surface area (Å²) in [5.41, 5.74) is -0.579. The molecule has 1 rings (SSSR count). The molecule has 1 aliphatic carbocycles. The Hall–Kier alpha value is -1.03. The molecule has 0 heterocycles. The molecule has 0 aromatic heterocycles. The number of hydroxylamine groups is 2. The van der Waals surface area contributed by atoms with E-state index in [1.54, 1.807) is 20.8 Å². The molecule has 4 heteroatoms. The molecule has 0 aromatic rings. The molecule has 0 saturated heterocycles. The molecule has 0 bridgehead atoms. The van der Waals surface area contributed by atoms with E-state index in [0.29, 0.717) is 11.0 Å². The summed E-state index contributed by atoms with van der Waals surface area (Å²) in [6.45, 7) is 7.42. The van der Waals surface area contributed by atoms with Crippen LogP contribution in [0.25, 0.3) is 0 Å². The smallest absolute Gasteiger partial charge is 0.434 e. The van der Waals surface area contributed by atoms with Gasteiger partial charge in [0.05, 0.1) is 6.04 Å². The Bertz CT molecular complexity index is 280. The maximum atomic E-state index is 11.6. The van der Waals surface area contributed by atoms with Crippen LogP contribution in [0.4, 0.5) is 4.79 Å². The average Bonchev–Trinajstić information content (AvgIpc) is 2.61. The summed E-state index contributed by atoms with van der Waals surface area (Å²) in [5, 5.41) is 10.4. The summed E-state index contributed by atoms with van der Waals surface area (Å²) in [6, 6.07) is -0.250. The Morgan fingerprint density at radius 3 is 2.56 bits per heavy atom. The average molecular weight is 227 g/mol. The molecule has 0 unspecified atom stereocenters. The van der Waals surface area contributed by atoms with Crippen molar-refractivity contribution in [3.63, 3.8) is 0 Å². The first-order chi connectivity index (χ1) is 7.33. The molecule has 16 heavy (non-hydrogen) atoms. The second-order valence-electron chi connectivity index (χ2n) is 5.18. The number of carbonyl (C=O) groups excluding carboxylic acids is 1. The Kier molecular flexibility index (Phi) is 3.97. The SMILES string of the molecule is CC[C@H]1C=C[C@@H](N(O)C(=O)OC(C)(C)C)C1. The van der Waals surface area contributed by atoms with Gasteiger partial charge in [-0.05, 0) is 39.5 Å². The lowest BCUT2D eigenvalue weighted by Crippen LogP contribution is -2.39. The summed E-state index contributed by atoms with van der Waals surface area (Å²) < 4.78 is 5.08. The van der Waals surface area contributed by atoms with Gasteiger partial charge in [-0.3, -0.25) is 5.21 Å². The Morgan fingerprint density at radius 2 is 2.12 bits per heavy atom. The topological polar surface area (TPSA) is 49.8 Å². The fourth-order valence-corrected chi connectivity index (χ4v) is 1.68. The summed E-state index contributed by atoms with van der Waals surface area (Å²) in [4.78, 5) is 11.6. The molecular weight excluding hydrogens is 206 g/mol. The third kappa shape index (κ3) is 3.52. The minimum atomic E-state index is -0.682. The van der Waals surface area contributed by atoms with Gasteiger partial charge in [-0.1, -0.05) is 19.1 Å². The number of ether oxygens (including phenoxy) is 1. The van der Waals surface area contributed by atoms with Crippen LogP contribution in [0.3, 0.4) is 0 Å². The van der Waals surface area contributed by atoms with Crippen LogP contribution in [0.2, 0.25) is 0 Å². The fourth-order valence-electron chi connectivity index (χ4n) is 1.68. The van der Waals surface area contributed by atoms with Crippen molar-refractivity contribution in [2.24, 2.45) is 5.92 Å². The first-order valence-corrected chi connectivity index (χ1v) is 5.73. The van der Waals surface area contributed by atoms with E-state index in [1.165, 1.54) is 0 Å². The van der Waals surface area contributed by atoms with Gasteiger partial charge in [-0.25, -0.2) is 4.79 Å². The molecule has 2 atom stereocenters. The standard InChI is InChI=1S/C12H21NO3/c1-5-9-6-7-10(8-9)13(15)11(14)16-12(2,3)4/h6-7,9-10,15H,5,8H2,1-4H3/t9-,10+/m0/s1. The Labute approximate surface area is 96.8 Å². The van der Waals surface area contributed by atoms with Crippen molar-refractivity contribution < 1.29 is 14.7 Å². The van der Waals surface area contributed by atoms with E-state index >= 15 is 0 Å². The van der Waals surface area contributed by atoms with Crippen molar-refractivity contribution >= 4 is 6.09 Å². The predicted molar refractivity (Wildman–Crippen MR) is 61.2 cm³/mol. The molecule has 0 aromatic carbocycles. The minimum Gasteiger partial charge on any atom is -0.442 e. The molecule has 0 saturated carbocycles. The van der Waals surface area contributed by atoms with Crippen molar-refractivity contribution in [2.45, 2.75) is 52.2 Å². The highest BCUT2D eigenvalue weighted by molar-refractivity contribution is 5.67. The van der Waals surface area contributed by atoms with E-state index in [1.807, 2.05) is 12.2 Å². The highest BCUT2D eigenvalue weighted by atomic mass is 16.6. The van der Waals surface area contributed by atoms with Crippen molar-refractivity contribution in [2.75, 3.05) is 0 Å².